The molecule has 2 heterocycles. The molecule has 3 N–H and O–H groups in total. The molecule has 0 bridgehead atoms. The Morgan fingerprint density at radius 2 is 2.44 bits per heavy atom. The largest absolute Gasteiger partial charge is 0.325 e. The van der Waals surface area contributed by atoms with Crippen molar-refractivity contribution in [2.24, 2.45) is 5.73 Å². The van der Waals surface area contributed by atoms with Crippen molar-refractivity contribution < 1.29 is 4.79 Å². The second-order valence-electron chi connectivity index (χ2n) is 2.86. The molecule has 0 aliphatic rings. The Kier molecular flexibility index (Phi) is 3.13. The Bertz CT molecular complexity index is 485. The molecule has 82 valence electrons. The normalized spacial score (nSPS) is 10.1. The smallest absolute Gasteiger partial charge is 0.257 e. The molecule has 0 saturated carbocycles. The van der Waals surface area contributed by atoms with Crippen molar-refractivity contribution in [1.29, 1.82) is 0 Å². The van der Waals surface area contributed by atoms with Crippen LogP contribution in [0.5, 0.6) is 0 Å². The van der Waals surface area contributed by atoms with Crippen LogP contribution in [0, 0.1) is 0 Å². The van der Waals surface area contributed by atoms with E-state index in [4.69, 9.17) is 5.73 Å². The van der Waals surface area contributed by atoms with Gasteiger partial charge in [0, 0.05) is 29.8 Å². The van der Waals surface area contributed by atoms with Crippen LogP contribution < -0.4 is 11.1 Å². The zero-order valence-corrected chi connectivity index (χ0v) is 8.94. The predicted molar refractivity (Wildman–Crippen MR) is 57.8 cm³/mol. The molecule has 0 aliphatic heterocycles. The number of anilines is 1. The number of nitrogens with one attached hydrogen (secondary N) is 1. The summed E-state index contributed by atoms with van der Waals surface area (Å²) in [5.41, 5.74) is 6.56. The van der Waals surface area contributed by atoms with E-state index in [-0.39, 0.29) is 5.91 Å². The third kappa shape index (κ3) is 2.35. The standard InChI is InChI=1S/C8H8N6OS/c9-4-6-3-5(1-2-10-6)7(15)11-8-12-13-14-16-8/h1-3H,4,9H2,(H,11,12,14,15). The second-order valence-corrected chi connectivity index (χ2v) is 3.59. The van der Waals surface area contributed by atoms with Gasteiger partial charge in [0.2, 0.25) is 5.13 Å². The van der Waals surface area contributed by atoms with E-state index in [9.17, 15) is 4.79 Å². The highest BCUT2D eigenvalue weighted by Gasteiger charge is 2.08. The van der Waals surface area contributed by atoms with E-state index >= 15 is 0 Å². The van der Waals surface area contributed by atoms with Crippen molar-refractivity contribution in [1.82, 2.24) is 19.8 Å². The third-order valence-corrected chi connectivity index (χ3v) is 2.32. The van der Waals surface area contributed by atoms with Gasteiger partial charge in [0.1, 0.15) is 0 Å². The van der Waals surface area contributed by atoms with Crippen LogP contribution in [0.2, 0.25) is 0 Å². The van der Waals surface area contributed by atoms with Gasteiger partial charge in [-0.2, -0.15) is 0 Å². The van der Waals surface area contributed by atoms with E-state index in [0.29, 0.717) is 22.9 Å². The van der Waals surface area contributed by atoms with E-state index in [1.54, 1.807) is 12.1 Å². The highest BCUT2D eigenvalue weighted by Crippen LogP contribution is 2.08. The van der Waals surface area contributed by atoms with Crippen LogP contribution in [0.4, 0.5) is 5.13 Å². The fraction of sp³-hybridized carbons (Fsp3) is 0.125. The lowest BCUT2D eigenvalue weighted by Crippen LogP contribution is -2.13. The highest BCUT2D eigenvalue weighted by molar-refractivity contribution is 7.09. The number of nitrogens with two attached hydrogens (primary N) is 1. The number of hydrogen-bond donors (Lipinski definition) is 2. The molecule has 0 radical (unpaired) electrons. The van der Waals surface area contributed by atoms with Crippen LogP contribution in [0.1, 0.15) is 16.1 Å². The van der Waals surface area contributed by atoms with Gasteiger partial charge in [-0.1, -0.05) is 9.59 Å². The molecule has 0 saturated heterocycles. The van der Waals surface area contributed by atoms with Crippen LogP contribution >= 0.6 is 11.5 Å². The van der Waals surface area contributed by atoms with Crippen LogP contribution in [-0.2, 0) is 6.54 Å². The molecule has 0 aromatic carbocycles. The van der Waals surface area contributed by atoms with Crippen molar-refractivity contribution in [3.63, 3.8) is 0 Å². The van der Waals surface area contributed by atoms with E-state index in [0.717, 1.165) is 11.5 Å². The summed E-state index contributed by atoms with van der Waals surface area (Å²) in [5, 5.41) is 9.91. The van der Waals surface area contributed by atoms with Crippen molar-refractivity contribution in [2.45, 2.75) is 6.54 Å². The van der Waals surface area contributed by atoms with Crippen LogP contribution in [0.3, 0.4) is 0 Å². The molecule has 0 unspecified atom stereocenters. The number of aromatic nitrogens is 4. The van der Waals surface area contributed by atoms with Gasteiger partial charge in [-0.15, -0.1) is 0 Å². The number of hydrogen-bond acceptors (Lipinski definition) is 7. The Balaban J connectivity index is 2.14. The lowest BCUT2D eigenvalue weighted by molar-refractivity contribution is 0.102. The first kappa shape index (κ1) is 10.6. The number of carbonyl (C=O) groups excluding carboxylic acids is 1. The van der Waals surface area contributed by atoms with E-state index in [1.807, 2.05) is 0 Å². The summed E-state index contributed by atoms with van der Waals surface area (Å²) >= 11 is 1.01. The first-order chi connectivity index (χ1) is 7.79. The Hall–Kier alpha value is -1.93. The summed E-state index contributed by atoms with van der Waals surface area (Å²) in [7, 11) is 0. The van der Waals surface area contributed by atoms with Gasteiger partial charge in [-0.05, 0) is 17.3 Å². The van der Waals surface area contributed by atoms with Crippen molar-refractivity contribution in [3.05, 3.63) is 29.6 Å². The molecule has 7 nitrogen and oxygen atoms in total. The molecular formula is C8H8N6OS. The highest BCUT2D eigenvalue weighted by atomic mass is 32.1. The molecule has 16 heavy (non-hydrogen) atoms. The summed E-state index contributed by atoms with van der Waals surface area (Å²) in [5.74, 6) is -0.282. The third-order valence-electron chi connectivity index (χ3n) is 1.81. The molecule has 0 fully saturated rings. The maximum atomic E-state index is 11.7. The quantitative estimate of drug-likeness (QED) is 0.779. The summed E-state index contributed by atoms with van der Waals surface area (Å²) in [4.78, 5) is 15.7. The molecule has 1 amide bonds. The monoisotopic (exact) mass is 236 g/mol. The van der Waals surface area contributed by atoms with Crippen LogP contribution in [-0.4, -0.2) is 25.7 Å². The second kappa shape index (κ2) is 4.73. The maximum absolute atomic E-state index is 11.7. The molecule has 0 aliphatic carbocycles. The maximum Gasteiger partial charge on any atom is 0.257 e. The minimum Gasteiger partial charge on any atom is -0.325 e. The Morgan fingerprint density at radius 3 is 3.12 bits per heavy atom. The molecule has 0 atom stereocenters. The first-order valence-electron chi connectivity index (χ1n) is 4.41. The lowest BCUT2D eigenvalue weighted by atomic mass is 10.2. The van der Waals surface area contributed by atoms with Gasteiger partial charge >= 0.3 is 0 Å². The number of amides is 1. The number of rotatable bonds is 3. The zero-order chi connectivity index (χ0) is 11.4. The summed E-state index contributed by atoms with van der Waals surface area (Å²) in [6.07, 6.45) is 1.54. The fourth-order valence-corrected chi connectivity index (χ4v) is 1.44. The van der Waals surface area contributed by atoms with Crippen molar-refractivity contribution >= 4 is 22.6 Å². The summed E-state index contributed by atoms with van der Waals surface area (Å²) in [6.45, 7) is 0.293. The van der Waals surface area contributed by atoms with Gasteiger partial charge in [0.15, 0.2) is 0 Å². The van der Waals surface area contributed by atoms with E-state index in [2.05, 4.69) is 25.1 Å². The van der Waals surface area contributed by atoms with Gasteiger partial charge in [-0.25, -0.2) is 0 Å². The zero-order valence-electron chi connectivity index (χ0n) is 8.12. The minimum atomic E-state index is -0.282. The molecule has 2 aromatic rings. The Labute approximate surface area is 94.9 Å². The number of pyridine rings is 1. The Morgan fingerprint density at radius 1 is 1.56 bits per heavy atom. The molecule has 2 aromatic heterocycles. The first-order valence-corrected chi connectivity index (χ1v) is 5.18. The van der Waals surface area contributed by atoms with Crippen LogP contribution in [0.15, 0.2) is 18.3 Å². The number of carbonyl (C=O) groups is 1. The van der Waals surface area contributed by atoms with Gasteiger partial charge in [0.25, 0.3) is 5.91 Å². The minimum absolute atomic E-state index is 0.282. The van der Waals surface area contributed by atoms with Crippen molar-refractivity contribution in [2.75, 3.05) is 5.32 Å². The average molecular weight is 236 g/mol. The molecule has 2 rings (SSSR count). The van der Waals surface area contributed by atoms with Crippen LogP contribution in [0.25, 0.3) is 0 Å². The molecular weight excluding hydrogens is 228 g/mol. The molecule has 8 heteroatoms. The van der Waals surface area contributed by atoms with E-state index in [1.165, 1.54) is 6.20 Å². The summed E-state index contributed by atoms with van der Waals surface area (Å²) < 4.78 is 3.54. The van der Waals surface area contributed by atoms with Crippen molar-refractivity contribution in [3.8, 4) is 0 Å². The van der Waals surface area contributed by atoms with Gasteiger partial charge in [-0.3, -0.25) is 15.1 Å². The van der Waals surface area contributed by atoms with Gasteiger partial charge in [0.05, 0.1) is 5.69 Å². The van der Waals surface area contributed by atoms with Gasteiger partial charge < -0.3 is 5.73 Å². The number of nitrogens with zero attached hydrogens (tertiary/aromatic N) is 4. The lowest BCUT2D eigenvalue weighted by Gasteiger charge is -2.01. The molecule has 0 spiro atoms. The average Bonchev–Trinajstić information content (AvgIpc) is 2.82. The predicted octanol–water partition coefficient (Wildman–Crippen LogP) is 0.0391. The SMILES string of the molecule is NCc1cc(C(=O)Nc2nnns2)ccn1. The fourth-order valence-electron chi connectivity index (χ4n) is 1.08. The summed E-state index contributed by atoms with van der Waals surface area (Å²) in [6, 6.07) is 3.23. The van der Waals surface area contributed by atoms with E-state index < -0.39 is 0 Å². The topological polar surface area (TPSA) is 107 Å².